The summed E-state index contributed by atoms with van der Waals surface area (Å²) in [4.78, 5) is 0. The van der Waals surface area contributed by atoms with Crippen molar-refractivity contribution in [2.24, 2.45) is 5.41 Å². The van der Waals surface area contributed by atoms with E-state index in [-0.39, 0.29) is 5.41 Å². The van der Waals surface area contributed by atoms with Gasteiger partial charge in [0.2, 0.25) is 0 Å². The second-order valence-corrected chi connectivity index (χ2v) is 5.11. The second kappa shape index (κ2) is 4.63. The number of benzene rings is 1. The monoisotopic (exact) mass is 250 g/mol. The molecule has 18 heavy (non-hydrogen) atoms. The highest BCUT2D eigenvalue weighted by Crippen LogP contribution is 2.47. The van der Waals surface area contributed by atoms with Crippen LogP contribution in [0.3, 0.4) is 0 Å². The van der Waals surface area contributed by atoms with Crippen LogP contribution in [0.15, 0.2) is 30.3 Å². The minimum Gasteiger partial charge on any atom is -0.355 e. The molecule has 1 aromatic rings. The number of hydrogen-bond acceptors (Lipinski definition) is 4. The van der Waals surface area contributed by atoms with Crippen molar-refractivity contribution in [3.05, 3.63) is 35.9 Å². The van der Waals surface area contributed by atoms with Crippen LogP contribution in [0, 0.1) is 5.41 Å². The summed E-state index contributed by atoms with van der Waals surface area (Å²) >= 11 is 0. The van der Waals surface area contributed by atoms with Crippen molar-refractivity contribution in [2.75, 3.05) is 33.4 Å². The number of ether oxygens (including phenoxy) is 4. The van der Waals surface area contributed by atoms with Gasteiger partial charge in [0.05, 0.1) is 25.2 Å². The van der Waals surface area contributed by atoms with Crippen molar-refractivity contribution in [1.82, 2.24) is 0 Å². The maximum absolute atomic E-state index is 5.96. The molecular weight excluding hydrogens is 232 g/mol. The van der Waals surface area contributed by atoms with Gasteiger partial charge in [-0.1, -0.05) is 30.3 Å². The lowest BCUT2D eigenvalue weighted by atomic mass is 9.69. The van der Waals surface area contributed by atoms with Crippen LogP contribution in [-0.4, -0.2) is 33.4 Å². The minimum atomic E-state index is -0.438. The molecule has 3 rings (SSSR count). The lowest BCUT2D eigenvalue weighted by Crippen LogP contribution is -2.59. The third kappa shape index (κ3) is 1.77. The summed E-state index contributed by atoms with van der Waals surface area (Å²) in [5, 5.41) is 0. The Balaban J connectivity index is 2.00. The normalized spacial score (nSPS) is 31.4. The molecule has 0 amide bonds. The van der Waals surface area contributed by atoms with Crippen molar-refractivity contribution in [1.29, 1.82) is 0 Å². The van der Waals surface area contributed by atoms with E-state index in [9.17, 15) is 0 Å². The van der Waals surface area contributed by atoms with Gasteiger partial charge in [-0.25, -0.2) is 0 Å². The molecule has 0 saturated carbocycles. The van der Waals surface area contributed by atoms with E-state index in [0.29, 0.717) is 33.4 Å². The van der Waals surface area contributed by atoms with Crippen LogP contribution in [0.5, 0.6) is 0 Å². The van der Waals surface area contributed by atoms with E-state index in [1.807, 2.05) is 18.2 Å². The van der Waals surface area contributed by atoms with Gasteiger partial charge in [-0.2, -0.15) is 0 Å². The smallest absolute Gasteiger partial charge is 0.147 e. The number of hydrogen-bond donors (Lipinski definition) is 0. The van der Waals surface area contributed by atoms with Gasteiger partial charge in [0, 0.05) is 0 Å². The average Bonchev–Trinajstić information content (AvgIpc) is 2.44. The third-order valence-corrected chi connectivity index (χ3v) is 4.07. The Hall–Kier alpha value is -0.940. The molecule has 0 bridgehead atoms. The Morgan fingerprint density at radius 1 is 0.889 bits per heavy atom. The highest BCUT2D eigenvalue weighted by atomic mass is 16.7. The highest BCUT2D eigenvalue weighted by molar-refractivity contribution is 5.26. The average molecular weight is 250 g/mol. The van der Waals surface area contributed by atoms with Crippen LogP contribution < -0.4 is 0 Å². The molecule has 1 aromatic carbocycles. The standard InChI is InChI=1S/C14H18O4/c1-13(12-5-3-2-4-6-12)14(9-17-11-18-13)7-15-10-16-8-14/h2-6H,7-11H2,1H3. The van der Waals surface area contributed by atoms with Crippen molar-refractivity contribution in [3.8, 4) is 0 Å². The molecule has 4 heteroatoms. The zero-order valence-corrected chi connectivity index (χ0v) is 10.6. The van der Waals surface area contributed by atoms with Gasteiger partial charge in [-0.3, -0.25) is 0 Å². The molecule has 98 valence electrons. The fourth-order valence-corrected chi connectivity index (χ4v) is 2.77. The Bertz CT molecular complexity index is 391. The van der Waals surface area contributed by atoms with Gasteiger partial charge < -0.3 is 18.9 Å². The highest BCUT2D eigenvalue weighted by Gasteiger charge is 2.54. The molecule has 2 aliphatic heterocycles. The minimum absolute atomic E-state index is 0.273. The summed E-state index contributed by atoms with van der Waals surface area (Å²) in [5.74, 6) is 0. The van der Waals surface area contributed by atoms with Gasteiger partial charge in [0.25, 0.3) is 0 Å². The summed E-state index contributed by atoms with van der Waals surface area (Å²) in [7, 11) is 0. The maximum Gasteiger partial charge on any atom is 0.147 e. The van der Waals surface area contributed by atoms with Crippen molar-refractivity contribution in [2.45, 2.75) is 12.5 Å². The van der Waals surface area contributed by atoms with Crippen LogP contribution in [0.4, 0.5) is 0 Å². The Kier molecular flexibility index (Phi) is 3.11. The van der Waals surface area contributed by atoms with E-state index in [4.69, 9.17) is 18.9 Å². The Morgan fingerprint density at radius 3 is 2.17 bits per heavy atom. The predicted octanol–water partition coefficient (Wildman–Crippen LogP) is 1.90. The molecule has 2 saturated heterocycles. The van der Waals surface area contributed by atoms with E-state index in [2.05, 4.69) is 19.1 Å². The fourth-order valence-electron chi connectivity index (χ4n) is 2.77. The molecule has 2 heterocycles. The van der Waals surface area contributed by atoms with Crippen LogP contribution >= 0.6 is 0 Å². The van der Waals surface area contributed by atoms with Crippen molar-refractivity contribution in [3.63, 3.8) is 0 Å². The Morgan fingerprint density at radius 2 is 1.50 bits per heavy atom. The van der Waals surface area contributed by atoms with Crippen LogP contribution in [-0.2, 0) is 24.5 Å². The first-order valence-electron chi connectivity index (χ1n) is 6.20. The molecule has 0 aliphatic carbocycles. The molecule has 2 fully saturated rings. The van der Waals surface area contributed by atoms with Crippen molar-refractivity contribution >= 4 is 0 Å². The molecular formula is C14H18O4. The lowest BCUT2D eigenvalue weighted by Gasteiger charge is -2.52. The zero-order valence-electron chi connectivity index (χ0n) is 10.6. The molecule has 4 nitrogen and oxygen atoms in total. The van der Waals surface area contributed by atoms with Crippen LogP contribution in [0.25, 0.3) is 0 Å². The molecule has 1 atom stereocenters. The van der Waals surface area contributed by atoms with Crippen LogP contribution in [0.1, 0.15) is 12.5 Å². The lowest BCUT2D eigenvalue weighted by molar-refractivity contribution is -0.317. The number of rotatable bonds is 1. The van der Waals surface area contributed by atoms with E-state index in [0.717, 1.165) is 5.56 Å². The first-order valence-corrected chi connectivity index (χ1v) is 6.20. The topological polar surface area (TPSA) is 36.9 Å². The molecule has 2 aliphatic rings. The quantitative estimate of drug-likeness (QED) is 0.763. The molecule has 0 N–H and O–H groups in total. The van der Waals surface area contributed by atoms with Gasteiger partial charge in [-0.05, 0) is 12.5 Å². The zero-order chi connectivity index (χ0) is 12.5. The summed E-state index contributed by atoms with van der Waals surface area (Å²) in [5.41, 5.74) is 0.431. The van der Waals surface area contributed by atoms with Gasteiger partial charge in [-0.15, -0.1) is 0 Å². The van der Waals surface area contributed by atoms with Crippen molar-refractivity contribution < 1.29 is 18.9 Å². The second-order valence-electron chi connectivity index (χ2n) is 5.11. The van der Waals surface area contributed by atoms with Crippen LogP contribution in [0.2, 0.25) is 0 Å². The molecule has 0 radical (unpaired) electrons. The van der Waals surface area contributed by atoms with E-state index < -0.39 is 5.60 Å². The summed E-state index contributed by atoms with van der Waals surface area (Å²) in [6.45, 7) is 4.55. The maximum atomic E-state index is 5.96. The predicted molar refractivity (Wildman–Crippen MR) is 64.9 cm³/mol. The molecule has 0 aromatic heterocycles. The van der Waals surface area contributed by atoms with Gasteiger partial charge in [0.1, 0.15) is 19.2 Å². The summed E-state index contributed by atoms with van der Waals surface area (Å²) in [6, 6.07) is 10.2. The largest absolute Gasteiger partial charge is 0.355 e. The molecule has 1 spiro atoms. The Labute approximate surface area is 107 Å². The van der Waals surface area contributed by atoms with Gasteiger partial charge in [0.15, 0.2) is 0 Å². The fraction of sp³-hybridized carbons (Fsp3) is 0.571. The SMILES string of the molecule is CC1(c2ccccc2)OCOCC12COCOC2. The summed E-state index contributed by atoms with van der Waals surface area (Å²) < 4.78 is 22.5. The first kappa shape index (κ1) is 12.1. The van der Waals surface area contributed by atoms with E-state index in [1.165, 1.54) is 0 Å². The summed E-state index contributed by atoms with van der Waals surface area (Å²) in [6.07, 6.45) is 0. The first-order chi connectivity index (χ1) is 8.77. The van der Waals surface area contributed by atoms with Gasteiger partial charge >= 0.3 is 0 Å². The van der Waals surface area contributed by atoms with E-state index >= 15 is 0 Å². The molecule has 1 unspecified atom stereocenters. The van der Waals surface area contributed by atoms with E-state index in [1.54, 1.807) is 0 Å². The third-order valence-electron chi connectivity index (χ3n) is 4.07.